The molecule has 11 heavy (non-hydrogen) atoms. The summed E-state index contributed by atoms with van der Waals surface area (Å²) in [7, 11) is 0. The molecule has 0 radical (unpaired) electrons. The SMILES string of the molecule is NOC(=O)CN1CCNCC1. The van der Waals surface area contributed by atoms with Gasteiger partial charge in [0.1, 0.15) is 0 Å². The molecule has 64 valence electrons. The van der Waals surface area contributed by atoms with Gasteiger partial charge in [0.2, 0.25) is 0 Å². The molecule has 1 aliphatic heterocycles. The van der Waals surface area contributed by atoms with Gasteiger partial charge >= 0.3 is 5.97 Å². The van der Waals surface area contributed by atoms with Crippen LogP contribution >= 0.6 is 0 Å². The Morgan fingerprint density at radius 2 is 2.18 bits per heavy atom. The molecule has 0 spiro atoms. The standard InChI is InChI=1S/C6H13N3O2/c7-11-6(10)5-9-3-1-8-2-4-9/h8H,1-5,7H2. The van der Waals surface area contributed by atoms with Gasteiger partial charge in [0, 0.05) is 26.2 Å². The minimum atomic E-state index is -0.369. The van der Waals surface area contributed by atoms with E-state index in [-0.39, 0.29) is 5.97 Å². The maximum absolute atomic E-state index is 10.7. The normalized spacial score (nSPS) is 19.7. The summed E-state index contributed by atoms with van der Waals surface area (Å²) >= 11 is 0. The van der Waals surface area contributed by atoms with Crippen molar-refractivity contribution in [3.8, 4) is 0 Å². The molecule has 1 rings (SSSR count). The highest BCUT2D eigenvalue weighted by Gasteiger charge is 2.13. The minimum absolute atomic E-state index is 0.304. The van der Waals surface area contributed by atoms with Crippen molar-refractivity contribution in [2.24, 2.45) is 5.90 Å². The van der Waals surface area contributed by atoms with Crippen molar-refractivity contribution in [2.75, 3.05) is 32.7 Å². The second-order valence-electron chi connectivity index (χ2n) is 2.52. The molecule has 3 N–H and O–H groups in total. The van der Waals surface area contributed by atoms with Crippen molar-refractivity contribution in [3.63, 3.8) is 0 Å². The highest BCUT2D eigenvalue weighted by Crippen LogP contribution is 1.91. The van der Waals surface area contributed by atoms with E-state index in [1.807, 2.05) is 4.90 Å². The lowest BCUT2D eigenvalue weighted by atomic mass is 10.3. The Morgan fingerprint density at radius 3 is 2.73 bits per heavy atom. The number of nitrogens with one attached hydrogen (secondary N) is 1. The summed E-state index contributed by atoms with van der Waals surface area (Å²) in [6, 6.07) is 0. The van der Waals surface area contributed by atoms with Gasteiger partial charge in [-0.1, -0.05) is 0 Å². The molecule has 5 nitrogen and oxygen atoms in total. The van der Waals surface area contributed by atoms with Gasteiger partial charge in [-0.3, -0.25) is 4.90 Å². The first-order valence-electron chi connectivity index (χ1n) is 3.65. The topological polar surface area (TPSA) is 67.6 Å². The molecule has 0 saturated carbocycles. The first-order valence-corrected chi connectivity index (χ1v) is 3.65. The van der Waals surface area contributed by atoms with E-state index in [1.54, 1.807) is 0 Å². The molecule has 1 saturated heterocycles. The van der Waals surface area contributed by atoms with E-state index in [0.717, 1.165) is 26.2 Å². The molecule has 1 fully saturated rings. The lowest BCUT2D eigenvalue weighted by Crippen LogP contribution is -2.46. The fourth-order valence-electron chi connectivity index (χ4n) is 1.09. The molecule has 0 aromatic carbocycles. The second kappa shape index (κ2) is 4.27. The Balaban J connectivity index is 2.19. The quantitative estimate of drug-likeness (QED) is 0.470. The first kappa shape index (κ1) is 8.45. The van der Waals surface area contributed by atoms with Gasteiger partial charge in [0.05, 0.1) is 6.54 Å². The highest BCUT2D eigenvalue weighted by atomic mass is 16.7. The number of piperazine rings is 1. The van der Waals surface area contributed by atoms with E-state index in [9.17, 15) is 4.79 Å². The summed E-state index contributed by atoms with van der Waals surface area (Å²) in [4.78, 5) is 16.7. The summed E-state index contributed by atoms with van der Waals surface area (Å²) in [5.74, 6) is 4.33. The Morgan fingerprint density at radius 1 is 1.55 bits per heavy atom. The monoisotopic (exact) mass is 159 g/mol. The fraction of sp³-hybridized carbons (Fsp3) is 0.833. The molecule has 0 unspecified atom stereocenters. The molecule has 0 bridgehead atoms. The van der Waals surface area contributed by atoms with Crippen LogP contribution in [0, 0.1) is 0 Å². The lowest BCUT2D eigenvalue weighted by molar-refractivity contribution is -0.145. The van der Waals surface area contributed by atoms with E-state index in [0.29, 0.717) is 6.54 Å². The molecular formula is C6H13N3O2. The van der Waals surface area contributed by atoms with Crippen LogP contribution in [0.3, 0.4) is 0 Å². The molecule has 1 heterocycles. The van der Waals surface area contributed by atoms with Crippen LogP contribution < -0.4 is 11.2 Å². The summed E-state index contributed by atoms with van der Waals surface area (Å²) in [5, 5.41) is 3.18. The van der Waals surface area contributed by atoms with Gasteiger partial charge in [-0.05, 0) is 0 Å². The molecular weight excluding hydrogens is 146 g/mol. The average molecular weight is 159 g/mol. The third-order valence-corrected chi connectivity index (χ3v) is 1.69. The number of hydrogen-bond donors (Lipinski definition) is 2. The number of nitrogens with two attached hydrogens (primary N) is 1. The van der Waals surface area contributed by atoms with Crippen LogP contribution in [0.1, 0.15) is 0 Å². The fourth-order valence-corrected chi connectivity index (χ4v) is 1.09. The van der Waals surface area contributed by atoms with Crippen molar-refractivity contribution < 1.29 is 9.63 Å². The van der Waals surface area contributed by atoms with Crippen molar-refractivity contribution in [1.29, 1.82) is 0 Å². The van der Waals surface area contributed by atoms with Crippen LogP contribution in [0.25, 0.3) is 0 Å². The largest absolute Gasteiger partial charge is 0.372 e. The third kappa shape index (κ3) is 2.83. The highest BCUT2D eigenvalue weighted by molar-refractivity contribution is 5.71. The Bertz CT molecular complexity index is 134. The first-order chi connectivity index (χ1) is 5.33. The van der Waals surface area contributed by atoms with Gasteiger partial charge in [-0.25, -0.2) is 4.79 Å². The van der Waals surface area contributed by atoms with Crippen LogP contribution in [0.15, 0.2) is 0 Å². The van der Waals surface area contributed by atoms with Crippen molar-refractivity contribution in [3.05, 3.63) is 0 Å². The average Bonchev–Trinajstić information content (AvgIpc) is 2.06. The number of carbonyl (C=O) groups is 1. The van der Waals surface area contributed by atoms with E-state index >= 15 is 0 Å². The number of rotatable bonds is 2. The summed E-state index contributed by atoms with van der Waals surface area (Å²) in [6.45, 7) is 3.93. The van der Waals surface area contributed by atoms with E-state index in [1.165, 1.54) is 0 Å². The zero-order chi connectivity index (χ0) is 8.10. The maximum atomic E-state index is 10.7. The van der Waals surface area contributed by atoms with Gasteiger partial charge < -0.3 is 10.2 Å². The molecule has 0 aromatic rings. The summed E-state index contributed by atoms with van der Waals surface area (Å²) < 4.78 is 0. The second-order valence-corrected chi connectivity index (χ2v) is 2.52. The molecule has 0 amide bonds. The van der Waals surface area contributed by atoms with Crippen molar-refractivity contribution >= 4 is 5.97 Å². The zero-order valence-corrected chi connectivity index (χ0v) is 6.38. The van der Waals surface area contributed by atoms with Crippen LogP contribution in [0.4, 0.5) is 0 Å². The van der Waals surface area contributed by atoms with Gasteiger partial charge in [-0.15, -0.1) is 0 Å². The van der Waals surface area contributed by atoms with Gasteiger partial charge in [0.15, 0.2) is 0 Å². The van der Waals surface area contributed by atoms with E-state index in [4.69, 9.17) is 5.90 Å². The molecule has 0 aromatic heterocycles. The molecule has 1 aliphatic rings. The van der Waals surface area contributed by atoms with Crippen LogP contribution in [-0.4, -0.2) is 43.6 Å². The smallest absolute Gasteiger partial charge is 0.338 e. The Labute approximate surface area is 65.4 Å². The molecule has 5 heteroatoms. The van der Waals surface area contributed by atoms with E-state index in [2.05, 4.69) is 10.2 Å². The third-order valence-electron chi connectivity index (χ3n) is 1.69. The number of hydrogen-bond acceptors (Lipinski definition) is 5. The predicted molar refractivity (Wildman–Crippen MR) is 39.6 cm³/mol. The maximum Gasteiger partial charge on any atom is 0.338 e. The number of nitrogens with zero attached hydrogens (tertiary/aromatic N) is 1. The van der Waals surface area contributed by atoms with E-state index < -0.39 is 0 Å². The number of carbonyl (C=O) groups excluding carboxylic acids is 1. The van der Waals surface area contributed by atoms with Crippen molar-refractivity contribution in [1.82, 2.24) is 10.2 Å². The predicted octanol–water partition coefficient (Wildman–Crippen LogP) is -1.69. The molecule has 0 atom stereocenters. The lowest BCUT2D eigenvalue weighted by Gasteiger charge is -2.25. The van der Waals surface area contributed by atoms with Crippen LogP contribution in [0.2, 0.25) is 0 Å². The minimum Gasteiger partial charge on any atom is -0.372 e. The Kier molecular flexibility index (Phi) is 3.28. The Hall–Kier alpha value is -0.650. The molecule has 0 aliphatic carbocycles. The van der Waals surface area contributed by atoms with Crippen molar-refractivity contribution in [2.45, 2.75) is 0 Å². The summed E-state index contributed by atoms with van der Waals surface area (Å²) in [6.07, 6.45) is 0. The summed E-state index contributed by atoms with van der Waals surface area (Å²) in [5.41, 5.74) is 0. The zero-order valence-electron chi connectivity index (χ0n) is 6.38. The van der Waals surface area contributed by atoms with Gasteiger partial charge in [-0.2, -0.15) is 5.90 Å². The van der Waals surface area contributed by atoms with Crippen LogP contribution in [-0.2, 0) is 9.63 Å². The van der Waals surface area contributed by atoms with Gasteiger partial charge in [0.25, 0.3) is 0 Å². The van der Waals surface area contributed by atoms with Crippen LogP contribution in [0.5, 0.6) is 0 Å².